The predicted octanol–water partition coefficient (Wildman–Crippen LogP) is 0.895. The number of amidine groups is 1. The summed E-state index contributed by atoms with van der Waals surface area (Å²) in [6.45, 7) is 4.69. The monoisotopic (exact) mass is 252 g/mol. The summed E-state index contributed by atoms with van der Waals surface area (Å²) in [7, 11) is 4.00. The normalized spacial score (nSPS) is 12.8. The van der Waals surface area contributed by atoms with Crippen molar-refractivity contribution < 1.29 is 9.94 Å². The highest BCUT2D eigenvalue weighted by Crippen LogP contribution is 2.16. The van der Waals surface area contributed by atoms with Crippen molar-refractivity contribution in [1.29, 1.82) is 0 Å². The Labute approximate surface area is 107 Å². The Morgan fingerprint density at radius 1 is 1.56 bits per heavy atom. The summed E-state index contributed by atoms with van der Waals surface area (Å²) in [6, 6.07) is 3.38. The molecule has 0 bridgehead atoms. The highest BCUT2D eigenvalue weighted by molar-refractivity contribution is 5.95. The molecule has 0 atom stereocenters. The van der Waals surface area contributed by atoms with Crippen molar-refractivity contribution in [2.75, 3.05) is 20.7 Å². The molecule has 0 aliphatic carbocycles. The number of rotatable bonds is 5. The average molecular weight is 252 g/mol. The maximum atomic E-state index is 8.59. The Morgan fingerprint density at radius 3 is 2.78 bits per heavy atom. The summed E-state index contributed by atoms with van der Waals surface area (Å²) < 4.78 is 5.69. The molecule has 100 valence electrons. The number of pyridine rings is 1. The van der Waals surface area contributed by atoms with E-state index in [-0.39, 0.29) is 11.4 Å². The van der Waals surface area contributed by atoms with Gasteiger partial charge in [-0.15, -0.1) is 0 Å². The van der Waals surface area contributed by atoms with Gasteiger partial charge in [-0.1, -0.05) is 5.16 Å². The van der Waals surface area contributed by atoms with E-state index in [0.29, 0.717) is 18.1 Å². The van der Waals surface area contributed by atoms with Crippen LogP contribution >= 0.6 is 0 Å². The molecule has 18 heavy (non-hydrogen) atoms. The quantitative estimate of drug-likeness (QED) is 0.352. The Bertz CT molecular complexity index is 430. The topological polar surface area (TPSA) is 84.0 Å². The van der Waals surface area contributed by atoms with E-state index in [1.54, 1.807) is 18.3 Å². The van der Waals surface area contributed by atoms with Gasteiger partial charge in [-0.2, -0.15) is 0 Å². The van der Waals surface area contributed by atoms with Crippen LogP contribution in [-0.2, 0) is 0 Å². The minimum absolute atomic E-state index is 0.0349. The van der Waals surface area contributed by atoms with Gasteiger partial charge in [-0.25, -0.2) is 0 Å². The van der Waals surface area contributed by atoms with Crippen LogP contribution in [0.25, 0.3) is 0 Å². The van der Waals surface area contributed by atoms with Gasteiger partial charge in [-0.3, -0.25) is 4.98 Å². The molecule has 1 aromatic heterocycles. The molecular formula is C12H20N4O2. The molecule has 0 aliphatic heterocycles. The van der Waals surface area contributed by atoms with E-state index in [0.717, 1.165) is 0 Å². The van der Waals surface area contributed by atoms with E-state index in [2.05, 4.69) is 28.9 Å². The smallest absolute Gasteiger partial charge is 0.188 e. The number of oxime groups is 1. The van der Waals surface area contributed by atoms with E-state index in [9.17, 15) is 0 Å². The average Bonchev–Trinajstić information content (AvgIpc) is 2.35. The van der Waals surface area contributed by atoms with E-state index in [1.807, 2.05) is 14.1 Å². The number of hydrogen-bond acceptors (Lipinski definition) is 5. The molecule has 6 nitrogen and oxygen atoms in total. The van der Waals surface area contributed by atoms with Crippen molar-refractivity contribution in [2.45, 2.75) is 19.4 Å². The van der Waals surface area contributed by atoms with Crippen molar-refractivity contribution in [3.8, 4) is 5.75 Å². The third kappa shape index (κ3) is 3.59. The highest BCUT2D eigenvalue weighted by atomic mass is 16.5. The van der Waals surface area contributed by atoms with Gasteiger partial charge >= 0.3 is 0 Å². The molecule has 1 heterocycles. The first-order valence-corrected chi connectivity index (χ1v) is 5.61. The van der Waals surface area contributed by atoms with Crippen LogP contribution in [0.3, 0.4) is 0 Å². The van der Waals surface area contributed by atoms with Crippen molar-refractivity contribution in [3.63, 3.8) is 0 Å². The zero-order valence-electron chi connectivity index (χ0n) is 11.2. The van der Waals surface area contributed by atoms with Gasteiger partial charge in [0.2, 0.25) is 0 Å². The van der Waals surface area contributed by atoms with E-state index < -0.39 is 0 Å². The number of hydrogen-bond donors (Lipinski definition) is 2. The van der Waals surface area contributed by atoms with Gasteiger partial charge in [0.1, 0.15) is 18.1 Å². The molecule has 3 N–H and O–H groups in total. The lowest BCUT2D eigenvalue weighted by Crippen LogP contribution is -2.43. The van der Waals surface area contributed by atoms with Crippen molar-refractivity contribution in [1.82, 2.24) is 9.88 Å². The Hall–Kier alpha value is -1.82. The lowest BCUT2D eigenvalue weighted by atomic mass is 10.1. The summed E-state index contributed by atoms with van der Waals surface area (Å²) in [6.07, 6.45) is 1.56. The van der Waals surface area contributed by atoms with Crippen LogP contribution in [0.1, 0.15) is 19.5 Å². The molecule has 0 saturated heterocycles. The number of likely N-dealkylation sites (N-methyl/N-ethyl adjacent to an activating group) is 1. The van der Waals surface area contributed by atoms with Crippen LogP contribution in [0.2, 0.25) is 0 Å². The van der Waals surface area contributed by atoms with E-state index in [4.69, 9.17) is 15.7 Å². The van der Waals surface area contributed by atoms with Crippen molar-refractivity contribution >= 4 is 5.84 Å². The summed E-state index contributed by atoms with van der Waals surface area (Å²) >= 11 is 0. The minimum atomic E-state index is -0.0833. The number of aromatic nitrogens is 1. The second-order valence-electron chi connectivity index (χ2n) is 4.86. The van der Waals surface area contributed by atoms with Crippen LogP contribution in [0.15, 0.2) is 23.5 Å². The van der Waals surface area contributed by atoms with Gasteiger partial charge in [0.05, 0.1) is 0 Å². The molecule has 1 aromatic rings. The van der Waals surface area contributed by atoms with Gasteiger partial charge in [0.25, 0.3) is 0 Å². The van der Waals surface area contributed by atoms with Crippen LogP contribution in [0.4, 0.5) is 0 Å². The summed E-state index contributed by atoms with van der Waals surface area (Å²) in [4.78, 5) is 6.07. The SMILES string of the molecule is CN(C)C(C)(C)COc1ccnc(C(N)=NO)c1. The molecule has 0 aromatic carbocycles. The maximum Gasteiger partial charge on any atom is 0.188 e. The first-order chi connectivity index (χ1) is 8.36. The third-order valence-electron chi connectivity index (χ3n) is 2.90. The molecule has 0 radical (unpaired) electrons. The maximum absolute atomic E-state index is 8.59. The lowest BCUT2D eigenvalue weighted by Gasteiger charge is -2.32. The zero-order chi connectivity index (χ0) is 13.8. The Kier molecular flexibility index (Phi) is 4.49. The third-order valence-corrected chi connectivity index (χ3v) is 2.90. The van der Waals surface area contributed by atoms with Gasteiger partial charge in [0, 0.05) is 17.8 Å². The fourth-order valence-corrected chi connectivity index (χ4v) is 1.08. The fraction of sp³-hybridized carbons (Fsp3) is 0.500. The molecule has 0 unspecified atom stereocenters. The molecule has 0 fully saturated rings. The summed E-state index contributed by atoms with van der Waals surface area (Å²) in [5, 5.41) is 11.5. The fourth-order valence-electron chi connectivity index (χ4n) is 1.08. The molecule has 1 rings (SSSR count). The summed E-state index contributed by atoms with van der Waals surface area (Å²) in [5.41, 5.74) is 5.77. The van der Waals surface area contributed by atoms with Crippen LogP contribution in [0.5, 0.6) is 5.75 Å². The standard InChI is InChI=1S/C12H20N4O2/c1-12(2,16(3)4)8-18-9-5-6-14-10(7-9)11(13)15-17/h5-7,17H,8H2,1-4H3,(H2,13,15). The zero-order valence-corrected chi connectivity index (χ0v) is 11.2. The van der Waals surface area contributed by atoms with Crippen molar-refractivity contribution in [2.24, 2.45) is 10.9 Å². The predicted molar refractivity (Wildman–Crippen MR) is 70.0 cm³/mol. The molecule has 0 spiro atoms. The first kappa shape index (κ1) is 14.2. The molecular weight excluding hydrogens is 232 g/mol. The lowest BCUT2D eigenvalue weighted by molar-refractivity contribution is 0.114. The van der Waals surface area contributed by atoms with Crippen LogP contribution in [-0.4, -0.2) is 47.2 Å². The van der Waals surface area contributed by atoms with Gasteiger partial charge in [0.15, 0.2) is 5.84 Å². The molecule has 6 heteroatoms. The van der Waals surface area contributed by atoms with Crippen molar-refractivity contribution in [3.05, 3.63) is 24.0 Å². The summed E-state index contributed by atoms with van der Waals surface area (Å²) in [5.74, 6) is 0.605. The minimum Gasteiger partial charge on any atom is -0.492 e. The number of nitrogens with two attached hydrogens (primary N) is 1. The van der Waals surface area contributed by atoms with Crippen LogP contribution < -0.4 is 10.5 Å². The van der Waals surface area contributed by atoms with Gasteiger partial charge < -0.3 is 20.6 Å². The second-order valence-corrected chi connectivity index (χ2v) is 4.86. The number of ether oxygens (including phenoxy) is 1. The van der Waals surface area contributed by atoms with E-state index in [1.165, 1.54) is 0 Å². The second kappa shape index (κ2) is 5.68. The highest BCUT2D eigenvalue weighted by Gasteiger charge is 2.21. The largest absolute Gasteiger partial charge is 0.492 e. The van der Waals surface area contributed by atoms with Crippen LogP contribution in [0, 0.1) is 0 Å². The Morgan fingerprint density at radius 2 is 2.22 bits per heavy atom. The number of nitrogens with zero attached hydrogens (tertiary/aromatic N) is 3. The molecule has 0 aliphatic rings. The molecule has 0 amide bonds. The first-order valence-electron chi connectivity index (χ1n) is 5.61. The van der Waals surface area contributed by atoms with Gasteiger partial charge in [-0.05, 0) is 34.0 Å². The molecule has 0 saturated carbocycles. The van der Waals surface area contributed by atoms with E-state index >= 15 is 0 Å². The Balaban J connectivity index is 2.75.